The Hall–Kier alpha value is -2.00. The molecule has 0 amide bonds. The number of carbonyl (C=O) groups is 1. The van der Waals surface area contributed by atoms with Crippen molar-refractivity contribution in [2.45, 2.75) is 31.2 Å². The van der Waals surface area contributed by atoms with E-state index in [-0.39, 0.29) is 22.9 Å². The van der Waals surface area contributed by atoms with Crippen molar-refractivity contribution in [3.63, 3.8) is 0 Å². The van der Waals surface area contributed by atoms with Gasteiger partial charge in [-0.2, -0.15) is 4.72 Å². The van der Waals surface area contributed by atoms with Gasteiger partial charge in [-0.25, -0.2) is 8.42 Å². The Morgan fingerprint density at radius 3 is 2.52 bits per heavy atom. The zero-order chi connectivity index (χ0) is 16.2. The van der Waals surface area contributed by atoms with E-state index in [2.05, 4.69) is 4.72 Å². The first kappa shape index (κ1) is 17.1. The summed E-state index contributed by atoms with van der Waals surface area (Å²) < 4.78 is 26.3. The van der Waals surface area contributed by atoms with Gasteiger partial charge in [0.2, 0.25) is 10.0 Å². The molecular formula is C12H16N2O6S. The SMILES string of the molecule is CC(C)C[C@H](NS(=O)(=O)c1cccc([N+](=O)[O-])c1)C(=O)O. The number of hydrogen-bond acceptors (Lipinski definition) is 5. The Morgan fingerprint density at radius 1 is 1.43 bits per heavy atom. The van der Waals surface area contributed by atoms with Crippen molar-refractivity contribution in [2.75, 3.05) is 0 Å². The van der Waals surface area contributed by atoms with Gasteiger partial charge in [-0.1, -0.05) is 19.9 Å². The van der Waals surface area contributed by atoms with Gasteiger partial charge in [-0.3, -0.25) is 14.9 Å². The van der Waals surface area contributed by atoms with Crippen LogP contribution in [-0.4, -0.2) is 30.5 Å². The molecule has 1 rings (SSSR count). The molecule has 9 heteroatoms. The normalized spacial score (nSPS) is 13.1. The van der Waals surface area contributed by atoms with Gasteiger partial charge in [-0.15, -0.1) is 0 Å². The maximum absolute atomic E-state index is 12.1. The third-order valence-electron chi connectivity index (χ3n) is 2.64. The number of nitro benzene ring substituents is 1. The predicted molar refractivity (Wildman–Crippen MR) is 74.3 cm³/mol. The van der Waals surface area contributed by atoms with E-state index >= 15 is 0 Å². The van der Waals surface area contributed by atoms with E-state index < -0.39 is 27.0 Å². The fourth-order valence-electron chi connectivity index (χ4n) is 1.69. The van der Waals surface area contributed by atoms with Gasteiger partial charge in [0.15, 0.2) is 0 Å². The average Bonchev–Trinajstić information content (AvgIpc) is 2.37. The number of nitro groups is 1. The van der Waals surface area contributed by atoms with Crippen LogP contribution < -0.4 is 4.72 Å². The minimum atomic E-state index is -4.14. The molecule has 0 saturated carbocycles. The van der Waals surface area contributed by atoms with Crippen molar-refractivity contribution in [2.24, 2.45) is 5.92 Å². The monoisotopic (exact) mass is 316 g/mol. The Kier molecular flexibility index (Phi) is 5.39. The van der Waals surface area contributed by atoms with Crippen LogP contribution in [0, 0.1) is 16.0 Å². The molecule has 0 aliphatic carbocycles. The fourth-order valence-corrected chi connectivity index (χ4v) is 2.93. The lowest BCUT2D eigenvalue weighted by Crippen LogP contribution is -2.41. The van der Waals surface area contributed by atoms with Crippen LogP contribution in [0.4, 0.5) is 5.69 Å². The van der Waals surface area contributed by atoms with E-state index in [1.165, 1.54) is 12.1 Å². The molecule has 0 unspecified atom stereocenters. The average molecular weight is 316 g/mol. The summed E-state index contributed by atoms with van der Waals surface area (Å²) in [5.41, 5.74) is -0.381. The Labute approximate surface area is 122 Å². The van der Waals surface area contributed by atoms with Gasteiger partial charge in [0.25, 0.3) is 5.69 Å². The minimum absolute atomic E-state index is 0.0288. The molecule has 0 spiro atoms. The lowest BCUT2D eigenvalue weighted by Gasteiger charge is -2.16. The number of sulfonamides is 1. The highest BCUT2D eigenvalue weighted by atomic mass is 32.2. The van der Waals surface area contributed by atoms with Crippen LogP contribution in [-0.2, 0) is 14.8 Å². The van der Waals surface area contributed by atoms with Crippen molar-refractivity contribution < 1.29 is 23.2 Å². The Bertz CT molecular complexity index is 641. The van der Waals surface area contributed by atoms with E-state index in [1.54, 1.807) is 13.8 Å². The summed E-state index contributed by atoms with van der Waals surface area (Å²) in [6.07, 6.45) is 0.115. The molecule has 116 valence electrons. The summed E-state index contributed by atoms with van der Waals surface area (Å²) in [6, 6.07) is 3.15. The molecule has 8 nitrogen and oxygen atoms in total. The van der Waals surface area contributed by atoms with Crippen LogP contribution in [0.2, 0.25) is 0 Å². The van der Waals surface area contributed by atoms with Crippen LogP contribution in [0.1, 0.15) is 20.3 Å². The number of rotatable bonds is 7. The third kappa shape index (κ3) is 4.80. The van der Waals surface area contributed by atoms with Gasteiger partial charge >= 0.3 is 5.97 Å². The summed E-state index contributed by atoms with van der Waals surface area (Å²) in [6.45, 7) is 3.52. The van der Waals surface area contributed by atoms with E-state index in [1.807, 2.05) is 0 Å². The van der Waals surface area contributed by atoms with Gasteiger partial charge in [-0.05, 0) is 18.4 Å². The number of hydrogen-bond donors (Lipinski definition) is 2. The predicted octanol–water partition coefficient (Wildman–Crippen LogP) is 1.37. The lowest BCUT2D eigenvalue weighted by molar-refractivity contribution is -0.385. The van der Waals surface area contributed by atoms with Crippen LogP contribution in [0.3, 0.4) is 0 Å². The van der Waals surface area contributed by atoms with Crippen LogP contribution in [0.5, 0.6) is 0 Å². The van der Waals surface area contributed by atoms with Gasteiger partial charge in [0.1, 0.15) is 6.04 Å². The first-order valence-corrected chi connectivity index (χ1v) is 7.61. The molecule has 0 aliphatic rings. The van der Waals surface area contributed by atoms with Crippen LogP contribution in [0.15, 0.2) is 29.2 Å². The molecule has 0 radical (unpaired) electrons. The summed E-state index contributed by atoms with van der Waals surface area (Å²) in [4.78, 5) is 20.7. The van der Waals surface area contributed by atoms with Crippen molar-refractivity contribution in [3.05, 3.63) is 34.4 Å². The number of non-ortho nitro benzene ring substituents is 1. The first-order chi connectivity index (χ1) is 9.63. The van der Waals surface area contributed by atoms with Gasteiger partial charge in [0, 0.05) is 12.1 Å². The lowest BCUT2D eigenvalue weighted by atomic mass is 10.1. The minimum Gasteiger partial charge on any atom is -0.480 e. The molecule has 0 saturated heterocycles. The topological polar surface area (TPSA) is 127 Å². The molecule has 21 heavy (non-hydrogen) atoms. The molecule has 1 aromatic rings. The van der Waals surface area contributed by atoms with Crippen LogP contribution in [0.25, 0.3) is 0 Å². The highest BCUT2D eigenvalue weighted by molar-refractivity contribution is 7.89. The highest BCUT2D eigenvalue weighted by Crippen LogP contribution is 2.18. The molecule has 0 aromatic heterocycles. The zero-order valence-corrected chi connectivity index (χ0v) is 12.3. The maximum atomic E-state index is 12.1. The molecule has 2 N–H and O–H groups in total. The molecule has 0 bridgehead atoms. The number of nitrogens with one attached hydrogen (secondary N) is 1. The quantitative estimate of drug-likeness (QED) is 0.578. The summed E-state index contributed by atoms with van der Waals surface area (Å²) in [5, 5.41) is 19.7. The molecule has 0 fully saturated rings. The van der Waals surface area contributed by atoms with Crippen LogP contribution >= 0.6 is 0 Å². The number of carboxylic acid groups (broad SMARTS) is 1. The number of aliphatic carboxylic acids is 1. The summed E-state index contributed by atoms with van der Waals surface area (Å²) in [7, 11) is -4.14. The second-order valence-electron chi connectivity index (χ2n) is 4.90. The van der Waals surface area contributed by atoms with Crippen molar-refractivity contribution in [1.82, 2.24) is 4.72 Å². The largest absolute Gasteiger partial charge is 0.480 e. The Morgan fingerprint density at radius 2 is 2.05 bits per heavy atom. The van der Waals surface area contributed by atoms with E-state index in [9.17, 15) is 23.3 Å². The number of benzene rings is 1. The molecule has 1 aromatic carbocycles. The fraction of sp³-hybridized carbons (Fsp3) is 0.417. The number of carboxylic acids is 1. The van der Waals surface area contributed by atoms with Crippen molar-refractivity contribution in [3.8, 4) is 0 Å². The van der Waals surface area contributed by atoms with Crippen molar-refractivity contribution >= 4 is 21.7 Å². The standard InChI is InChI=1S/C12H16N2O6S/c1-8(2)6-11(12(15)16)13-21(19,20)10-5-3-4-9(7-10)14(17)18/h3-5,7-8,11,13H,6H2,1-2H3,(H,15,16)/t11-/m0/s1. The van der Waals surface area contributed by atoms with Crippen molar-refractivity contribution in [1.29, 1.82) is 0 Å². The summed E-state index contributed by atoms with van der Waals surface area (Å²) >= 11 is 0. The molecular weight excluding hydrogens is 300 g/mol. The second kappa shape index (κ2) is 6.64. The number of nitrogens with zero attached hydrogens (tertiary/aromatic N) is 1. The third-order valence-corrected chi connectivity index (χ3v) is 4.11. The maximum Gasteiger partial charge on any atom is 0.321 e. The molecule has 0 aliphatic heterocycles. The smallest absolute Gasteiger partial charge is 0.321 e. The van der Waals surface area contributed by atoms with E-state index in [0.29, 0.717) is 0 Å². The summed E-state index contributed by atoms with van der Waals surface area (Å²) in [5.74, 6) is -1.32. The molecule has 0 heterocycles. The zero-order valence-electron chi connectivity index (χ0n) is 11.5. The highest BCUT2D eigenvalue weighted by Gasteiger charge is 2.27. The second-order valence-corrected chi connectivity index (χ2v) is 6.61. The van der Waals surface area contributed by atoms with Gasteiger partial charge in [0.05, 0.1) is 9.82 Å². The van der Waals surface area contributed by atoms with Gasteiger partial charge < -0.3 is 5.11 Å². The Balaban J connectivity index is 3.07. The molecule has 1 atom stereocenters. The first-order valence-electron chi connectivity index (χ1n) is 6.13. The van der Waals surface area contributed by atoms with E-state index in [0.717, 1.165) is 12.1 Å². The van der Waals surface area contributed by atoms with E-state index in [4.69, 9.17) is 5.11 Å².